The monoisotopic (exact) mass is 281 g/mol. The standard InChI is InChI=1S/C11H14BrN4/c1-16-5-4-14-7-9(16)10(15-11(16)12)8-2-3-13-6-8/h4-5,7-8,13H,2-3,6H2,1H3/q+1/t8?,16-/m0/s1. The van der Waals surface area contributed by atoms with E-state index in [0.29, 0.717) is 10.4 Å². The van der Waals surface area contributed by atoms with Crippen molar-refractivity contribution in [2.75, 3.05) is 20.1 Å². The Balaban J connectivity index is 2.06. The zero-order valence-corrected chi connectivity index (χ0v) is 10.7. The second-order valence-corrected chi connectivity index (χ2v) is 5.20. The van der Waals surface area contributed by atoms with Gasteiger partial charge < -0.3 is 5.32 Å². The van der Waals surface area contributed by atoms with Crippen molar-refractivity contribution in [2.24, 2.45) is 15.9 Å². The van der Waals surface area contributed by atoms with E-state index in [1.165, 1.54) is 17.8 Å². The van der Waals surface area contributed by atoms with Crippen LogP contribution in [0.1, 0.15) is 6.42 Å². The van der Waals surface area contributed by atoms with E-state index in [2.05, 4.69) is 44.5 Å². The molecule has 3 aliphatic rings. The van der Waals surface area contributed by atoms with Gasteiger partial charge in [-0.1, -0.05) is 0 Å². The van der Waals surface area contributed by atoms with Gasteiger partial charge in [0.05, 0.1) is 19.5 Å². The topological polar surface area (TPSA) is 36.8 Å². The third-order valence-electron chi connectivity index (χ3n) is 3.45. The van der Waals surface area contributed by atoms with E-state index in [0.717, 1.165) is 17.8 Å². The van der Waals surface area contributed by atoms with Crippen molar-refractivity contribution in [3.8, 4) is 0 Å². The minimum absolute atomic E-state index is 0.528. The van der Waals surface area contributed by atoms with Crippen molar-refractivity contribution in [2.45, 2.75) is 6.42 Å². The van der Waals surface area contributed by atoms with E-state index in [1.54, 1.807) is 0 Å². The predicted molar refractivity (Wildman–Crippen MR) is 68.2 cm³/mol. The van der Waals surface area contributed by atoms with Crippen LogP contribution in [0.5, 0.6) is 0 Å². The summed E-state index contributed by atoms with van der Waals surface area (Å²) in [5.74, 6) is 0.528. The largest absolute Gasteiger partial charge is 0.316 e. The lowest BCUT2D eigenvalue weighted by Gasteiger charge is -2.25. The number of nitrogens with one attached hydrogen (secondary N) is 1. The lowest BCUT2D eigenvalue weighted by atomic mass is 10.0. The molecule has 0 aliphatic carbocycles. The van der Waals surface area contributed by atoms with Gasteiger partial charge in [-0.15, -0.1) is 0 Å². The van der Waals surface area contributed by atoms with Crippen molar-refractivity contribution >= 4 is 26.9 Å². The fraction of sp³-hybridized carbons (Fsp3) is 0.455. The summed E-state index contributed by atoms with van der Waals surface area (Å²) < 4.78 is 1.57. The van der Waals surface area contributed by atoms with Gasteiger partial charge in [-0.25, -0.2) is 4.48 Å². The maximum absolute atomic E-state index is 4.69. The predicted octanol–water partition coefficient (Wildman–Crippen LogP) is 1.57. The summed E-state index contributed by atoms with van der Waals surface area (Å²) in [7, 11) is 2.12. The molecule has 0 aromatic rings. The Bertz CT molecular complexity index is 443. The molecule has 3 aliphatic heterocycles. The second kappa shape index (κ2) is 3.61. The highest BCUT2D eigenvalue weighted by Gasteiger charge is 2.42. The first-order chi connectivity index (χ1) is 7.72. The summed E-state index contributed by atoms with van der Waals surface area (Å²) in [5, 5.41) is 3.38. The summed E-state index contributed by atoms with van der Waals surface area (Å²) in [6.07, 6.45) is 6.99. The first-order valence-corrected chi connectivity index (χ1v) is 6.28. The molecule has 4 nitrogen and oxygen atoms in total. The van der Waals surface area contributed by atoms with E-state index in [4.69, 9.17) is 0 Å². The molecule has 0 saturated carbocycles. The lowest BCUT2D eigenvalue weighted by Crippen LogP contribution is -2.39. The molecule has 1 N–H and O–H groups in total. The summed E-state index contributed by atoms with van der Waals surface area (Å²) >= 11 is 3.57. The normalized spacial score (nSPS) is 36.9. The first-order valence-electron chi connectivity index (χ1n) is 5.49. The average molecular weight is 282 g/mol. The molecule has 2 atom stereocenters. The van der Waals surface area contributed by atoms with Crippen LogP contribution in [-0.4, -0.2) is 35.6 Å². The minimum atomic E-state index is 0.528. The van der Waals surface area contributed by atoms with Crippen LogP contribution in [0.4, 0.5) is 0 Å². The number of quaternary nitrogens is 1. The molecule has 1 fully saturated rings. The first kappa shape index (κ1) is 10.4. The van der Waals surface area contributed by atoms with Gasteiger partial charge >= 0.3 is 0 Å². The van der Waals surface area contributed by atoms with Crippen molar-refractivity contribution in [3.05, 3.63) is 23.8 Å². The van der Waals surface area contributed by atoms with Gasteiger partial charge in [0.15, 0.2) is 5.70 Å². The molecular formula is C11H14BrN4+. The summed E-state index contributed by atoms with van der Waals surface area (Å²) in [4.78, 5) is 8.92. The molecule has 16 heavy (non-hydrogen) atoms. The zero-order valence-electron chi connectivity index (χ0n) is 9.15. The van der Waals surface area contributed by atoms with Gasteiger partial charge in [0.1, 0.15) is 11.9 Å². The number of hydrogen-bond acceptors (Lipinski definition) is 3. The molecule has 1 saturated heterocycles. The molecule has 0 aromatic heterocycles. The zero-order chi connectivity index (χ0) is 11.2. The third kappa shape index (κ3) is 1.35. The molecular weight excluding hydrogens is 268 g/mol. The highest BCUT2D eigenvalue weighted by atomic mass is 79.9. The molecule has 0 amide bonds. The Morgan fingerprint density at radius 2 is 2.44 bits per heavy atom. The van der Waals surface area contributed by atoms with Gasteiger partial charge in [-0.3, -0.25) is 4.99 Å². The quantitative estimate of drug-likeness (QED) is 0.575. The third-order valence-corrected chi connectivity index (χ3v) is 4.37. The van der Waals surface area contributed by atoms with Crippen molar-refractivity contribution in [1.29, 1.82) is 0 Å². The van der Waals surface area contributed by atoms with Crippen LogP contribution in [0.3, 0.4) is 0 Å². The number of allylic oxidation sites excluding steroid dienone is 1. The number of amidine groups is 1. The molecule has 0 radical (unpaired) electrons. The van der Waals surface area contributed by atoms with E-state index >= 15 is 0 Å². The Kier molecular flexibility index (Phi) is 2.34. The highest BCUT2D eigenvalue weighted by Crippen LogP contribution is 2.36. The van der Waals surface area contributed by atoms with E-state index < -0.39 is 0 Å². The number of halogens is 1. The van der Waals surface area contributed by atoms with Gasteiger partial charge in [0.25, 0.3) is 4.74 Å². The summed E-state index contributed by atoms with van der Waals surface area (Å²) in [6, 6.07) is 0. The Hall–Kier alpha value is -0.780. The molecule has 0 aromatic carbocycles. The smallest absolute Gasteiger partial charge is 0.281 e. The van der Waals surface area contributed by atoms with Gasteiger partial charge in [-0.2, -0.15) is 4.99 Å². The molecule has 3 heterocycles. The van der Waals surface area contributed by atoms with Crippen LogP contribution >= 0.6 is 15.9 Å². The van der Waals surface area contributed by atoms with E-state index in [9.17, 15) is 0 Å². The fourth-order valence-electron chi connectivity index (χ4n) is 2.40. The maximum Gasteiger partial charge on any atom is 0.281 e. The number of hydrogen-bond donors (Lipinski definition) is 1. The van der Waals surface area contributed by atoms with Crippen molar-refractivity contribution < 1.29 is 4.48 Å². The average Bonchev–Trinajstić information content (AvgIpc) is 2.86. The van der Waals surface area contributed by atoms with Gasteiger partial charge in [0, 0.05) is 28.4 Å². The van der Waals surface area contributed by atoms with Crippen LogP contribution in [-0.2, 0) is 0 Å². The van der Waals surface area contributed by atoms with E-state index in [1.807, 2.05) is 12.4 Å². The summed E-state index contributed by atoms with van der Waals surface area (Å²) in [6.45, 7) is 2.12. The SMILES string of the molecule is C[N@+]12C=CN=CC1=C(C1CCNC1)N=C2Br. The summed E-state index contributed by atoms with van der Waals surface area (Å²) in [5.41, 5.74) is 2.38. The Morgan fingerprint density at radius 1 is 1.56 bits per heavy atom. The molecule has 84 valence electrons. The highest BCUT2D eigenvalue weighted by molar-refractivity contribution is 9.18. The molecule has 1 unspecified atom stereocenters. The molecule has 0 bridgehead atoms. The fourth-order valence-corrected chi connectivity index (χ4v) is 2.90. The number of nitrogens with zero attached hydrogens (tertiary/aromatic N) is 3. The Labute approximate surface area is 103 Å². The van der Waals surface area contributed by atoms with Crippen LogP contribution in [0.25, 0.3) is 0 Å². The van der Waals surface area contributed by atoms with Gasteiger partial charge in [-0.05, 0) is 13.0 Å². The van der Waals surface area contributed by atoms with Crippen molar-refractivity contribution in [3.63, 3.8) is 0 Å². The molecule has 3 rings (SSSR count). The number of fused-ring (bicyclic) bond motifs is 1. The second-order valence-electron chi connectivity index (χ2n) is 4.49. The lowest BCUT2D eigenvalue weighted by molar-refractivity contribution is -0.709. The van der Waals surface area contributed by atoms with Crippen molar-refractivity contribution in [1.82, 2.24) is 5.32 Å². The van der Waals surface area contributed by atoms with Gasteiger partial charge in [0.2, 0.25) is 0 Å². The minimum Gasteiger partial charge on any atom is -0.316 e. The number of aliphatic imine (C=N–C) groups is 2. The molecule has 0 spiro atoms. The van der Waals surface area contributed by atoms with Crippen LogP contribution in [0.2, 0.25) is 0 Å². The Morgan fingerprint density at radius 3 is 3.19 bits per heavy atom. The van der Waals surface area contributed by atoms with E-state index in [-0.39, 0.29) is 0 Å². The molecule has 5 heteroatoms. The van der Waals surface area contributed by atoms with Crippen LogP contribution in [0, 0.1) is 5.92 Å². The van der Waals surface area contributed by atoms with Crippen LogP contribution in [0.15, 0.2) is 33.8 Å². The van der Waals surface area contributed by atoms with Crippen LogP contribution < -0.4 is 5.32 Å². The number of rotatable bonds is 1. The maximum atomic E-state index is 4.69.